The van der Waals surface area contributed by atoms with Crippen molar-refractivity contribution in [1.29, 1.82) is 0 Å². The summed E-state index contributed by atoms with van der Waals surface area (Å²) >= 11 is 0. The smallest absolute Gasteiger partial charge is 0.475 e. The summed E-state index contributed by atoms with van der Waals surface area (Å²) in [5, 5.41) is 10.7. The minimum absolute atomic E-state index is 0.0257. The van der Waals surface area contributed by atoms with E-state index in [9.17, 15) is 48.1 Å². The molecule has 1 N–H and O–H groups in total. The summed E-state index contributed by atoms with van der Waals surface area (Å²) < 4.78 is 147. The molecule has 1 aliphatic heterocycles. The Labute approximate surface area is 348 Å². The summed E-state index contributed by atoms with van der Waals surface area (Å²) in [5.41, 5.74) is 1.07. The van der Waals surface area contributed by atoms with E-state index in [-0.39, 0.29) is 37.3 Å². The Hall–Kier alpha value is -4.44. The van der Waals surface area contributed by atoms with Gasteiger partial charge in [0.05, 0.1) is 39.4 Å². The van der Waals surface area contributed by atoms with Crippen LogP contribution in [0.5, 0.6) is 0 Å². The predicted octanol–water partition coefficient (Wildman–Crippen LogP) is 4.09. The summed E-state index contributed by atoms with van der Waals surface area (Å²) in [6.45, 7) is -2.93. The highest BCUT2D eigenvalue weighted by atomic mass is 32.2. The average molecular weight is 929 g/mol. The SMILES string of the molecule is CS(=O)(=O)c1cccc(COC2=C(OCc3cccc(S(C)(=O)=O)c3)[C@@H]([C@H](CO)OP(=O)(OCc3cccc(S(C)(=O)=O)c3)OCc3cccc(S(C)(=O)=O)c3)OC2=O)c1. The third kappa shape index (κ3) is 12.6. The molecule has 60 heavy (non-hydrogen) atoms. The van der Waals surface area contributed by atoms with Crippen molar-refractivity contribution in [2.24, 2.45) is 0 Å². The lowest BCUT2D eigenvalue weighted by molar-refractivity contribution is -0.148. The molecule has 17 nitrogen and oxygen atoms in total. The molecule has 1 aliphatic rings. The van der Waals surface area contributed by atoms with Gasteiger partial charge in [0.2, 0.25) is 5.76 Å². The largest absolute Gasteiger partial charge is 0.485 e. The summed E-state index contributed by atoms with van der Waals surface area (Å²) in [6.07, 6.45) is 0.487. The van der Waals surface area contributed by atoms with E-state index >= 15 is 0 Å². The van der Waals surface area contributed by atoms with Gasteiger partial charge in [-0.1, -0.05) is 48.5 Å². The second-order valence-electron chi connectivity index (χ2n) is 13.6. The zero-order chi connectivity index (χ0) is 44.1. The molecule has 4 aromatic rings. The lowest BCUT2D eigenvalue weighted by Crippen LogP contribution is -2.35. The van der Waals surface area contributed by atoms with Gasteiger partial charge in [0.15, 0.2) is 51.2 Å². The molecule has 0 saturated heterocycles. The number of benzene rings is 4. The molecule has 5 rings (SSSR count). The molecule has 0 aliphatic carbocycles. The molecule has 0 aromatic heterocycles. The van der Waals surface area contributed by atoms with Crippen LogP contribution < -0.4 is 0 Å². The van der Waals surface area contributed by atoms with E-state index in [1.807, 2.05) is 0 Å². The molecule has 0 fully saturated rings. The van der Waals surface area contributed by atoms with Crippen molar-refractivity contribution < 1.29 is 75.9 Å². The van der Waals surface area contributed by atoms with E-state index in [1.54, 1.807) is 0 Å². The Morgan fingerprint density at radius 1 is 0.583 bits per heavy atom. The summed E-state index contributed by atoms with van der Waals surface area (Å²) in [4.78, 5) is 13.2. The van der Waals surface area contributed by atoms with E-state index in [0.29, 0.717) is 11.1 Å². The van der Waals surface area contributed by atoms with E-state index in [0.717, 1.165) is 25.0 Å². The van der Waals surface area contributed by atoms with Crippen LogP contribution in [0.4, 0.5) is 0 Å². The molecule has 0 bridgehead atoms. The van der Waals surface area contributed by atoms with Crippen LogP contribution in [0, 0.1) is 0 Å². The molecule has 324 valence electrons. The van der Waals surface area contributed by atoms with Crippen LogP contribution in [0.25, 0.3) is 0 Å². The first-order valence-corrected chi connectivity index (χ1v) is 26.5. The number of hydrogen-bond acceptors (Lipinski definition) is 17. The zero-order valence-corrected chi connectivity index (χ0v) is 36.6. The molecule has 1 heterocycles. The van der Waals surface area contributed by atoms with Gasteiger partial charge in [0, 0.05) is 25.0 Å². The van der Waals surface area contributed by atoms with Crippen LogP contribution in [0.1, 0.15) is 22.3 Å². The molecule has 0 amide bonds. The summed E-state index contributed by atoms with van der Waals surface area (Å²) in [7, 11) is -19.5. The van der Waals surface area contributed by atoms with Crippen LogP contribution in [-0.2, 0) is 103 Å². The molecule has 0 radical (unpaired) electrons. The minimum Gasteiger partial charge on any atom is -0.485 e. The van der Waals surface area contributed by atoms with Gasteiger partial charge < -0.3 is 19.3 Å². The topological polar surface area (TPSA) is 246 Å². The Bertz CT molecular complexity index is 2700. The van der Waals surface area contributed by atoms with Gasteiger partial charge in [-0.25, -0.2) is 43.0 Å². The highest BCUT2D eigenvalue weighted by molar-refractivity contribution is 7.91. The van der Waals surface area contributed by atoms with Crippen molar-refractivity contribution in [2.75, 3.05) is 31.6 Å². The summed E-state index contributed by atoms with van der Waals surface area (Å²) in [6, 6.07) is 22.4. The minimum atomic E-state index is -4.93. The first-order chi connectivity index (χ1) is 27.9. The van der Waals surface area contributed by atoms with Crippen LogP contribution in [0.15, 0.2) is 128 Å². The molecule has 0 unspecified atom stereocenters. The quantitative estimate of drug-likeness (QED) is 0.0969. The first kappa shape index (κ1) is 46.6. The number of carbonyl (C=O) groups excluding carboxylic acids is 1. The number of phosphoric ester groups is 1. The molecular weight excluding hydrogens is 888 g/mol. The fourth-order valence-electron chi connectivity index (χ4n) is 5.51. The highest BCUT2D eigenvalue weighted by Gasteiger charge is 2.46. The van der Waals surface area contributed by atoms with Crippen LogP contribution in [0.3, 0.4) is 0 Å². The standard InChI is InChI=1S/C38H41O17PS4/c1-57(42,43)30-13-5-9-26(17-30)22-50-36-35(54-38(40)37(36)51-23-27-10-6-14-31(18-27)58(2,44)45)34(21-39)55-56(41,52-24-28-11-7-15-32(19-28)59(3,46)47)53-25-29-12-8-16-33(20-29)60(4,48)49/h5-20,34-35,39H,21-25H2,1-4H3/t34-,35+/m0/s1. The Morgan fingerprint density at radius 3 is 1.28 bits per heavy atom. The van der Waals surface area contributed by atoms with Gasteiger partial charge in [0.25, 0.3) is 0 Å². The maximum absolute atomic E-state index is 14.5. The molecule has 0 spiro atoms. The maximum atomic E-state index is 14.5. The molecule has 22 heteroatoms. The highest BCUT2D eigenvalue weighted by Crippen LogP contribution is 2.53. The molecule has 0 saturated carbocycles. The third-order valence-corrected chi connectivity index (χ3v) is 14.4. The van der Waals surface area contributed by atoms with E-state index in [4.69, 9.17) is 27.8 Å². The van der Waals surface area contributed by atoms with Gasteiger partial charge in [0.1, 0.15) is 19.3 Å². The lowest BCUT2D eigenvalue weighted by atomic mass is 10.1. The lowest BCUT2D eigenvalue weighted by Gasteiger charge is -2.27. The fraction of sp³-hybridized carbons (Fsp3) is 0.289. The van der Waals surface area contributed by atoms with E-state index < -0.39 is 103 Å². The number of phosphoric acid groups is 1. The third-order valence-electron chi connectivity index (χ3n) is 8.55. The second kappa shape index (κ2) is 18.7. The van der Waals surface area contributed by atoms with Crippen molar-refractivity contribution in [3.8, 4) is 0 Å². The summed E-state index contributed by atoms with van der Waals surface area (Å²) in [5.74, 6) is -2.07. The number of hydrogen-bond donors (Lipinski definition) is 1. The van der Waals surface area contributed by atoms with Gasteiger partial charge in [-0.15, -0.1) is 0 Å². The normalized spacial score (nSPS) is 15.8. The van der Waals surface area contributed by atoms with Gasteiger partial charge in [-0.2, -0.15) is 0 Å². The Balaban J connectivity index is 1.50. The van der Waals surface area contributed by atoms with Crippen LogP contribution in [0.2, 0.25) is 0 Å². The Kier molecular flexibility index (Phi) is 14.5. The number of cyclic esters (lactones) is 1. The number of carbonyl (C=O) groups is 1. The van der Waals surface area contributed by atoms with Gasteiger partial charge in [-0.05, 0) is 70.8 Å². The van der Waals surface area contributed by atoms with Gasteiger partial charge in [-0.3, -0.25) is 13.6 Å². The number of aliphatic hydroxyl groups is 1. The number of sulfone groups is 4. The molecular formula is C38H41O17PS4. The van der Waals surface area contributed by atoms with Crippen molar-refractivity contribution >= 4 is 53.1 Å². The van der Waals surface area contributed by atoms with Crippen molar-refractivity contribution in [3.63, 3.8) is 0 Å². The number of rotatable bonds is 20. The number of aliphatic hydroxyl groups excluding tert-OH is 1. The molecule has 2 atom stereocenters. The predicted molar refractivity (Wildman–Crippen MR) is 214 cm³/mol. The monoisotopic (exact) mass is 928 g/mol. The van der Waals surface area contributed by atoms with Crippen molar-refractivity contribution in [1.82, 2.24) is 0 Å². The zero-order valence-electron chi connectivity index (χ0n) is 32.5. The second-order valence-corrected chi connectivity index (χ2v) is 23.3. The fourth-order valence-corrected chi connectivity index (χ4v) is 9.59. The first-order valence-electron chi connectivity index (χ1n) is 17.5. The van der Waals surface area contributed by atoms with Crippen molar-refractivity contribution in [3.05, 3.63) is 131 Å². The number of esters is 1. The van der Waals surface area contributed by atoms with E-state index in [1.165, 1.54) is 97.1 Å². The number of ether oxygens (including phenoxy) is 3. The molecule has 4 aromatic carbocycles. The maximum Gasteiger partial charge on any atom is 0.475 e. The van der Waals surface area contributed by atoms with E-state index in [2.05, 4.69) is 0 Å². The average Bonchev–Trinajstić information content (AvgIpc) is 3.50. The van der Waals surface area contributed by atoms with Crippen molar-refractivity contribution in [2.45, 2.75) is 58.2 Å². The van der Waals surface area contributed by atoms with Gasteiger partial charge >= 0.3 is 13.8 Å². The van der Waals surface area contributed by atoms with Crippen LogP contribution in [-0.4, -0.2) is 88.6 Å². The van der Waals surface area contributed by atoms with Crippen LogP contribution >= 0.6 is 7.82 Å². The Morgan fingerprint density at radius 2 is 0.933 bits per heavy atom.